The molecular formula is C15H30NP. The van der Waals surface area contributed by atoms with Gasteiger partial charge < -0.3 is 5.73 Å². The van der Waals surface area contributed by atoms with Crippen LogP contribution >= 0.6 is 9.24 Å². The molecule has 2 N–H and O–H groups in total. The first-order chi connectivity index (χ1) is 8.19. The van der Waals surface area contributed by atoms with Crippen LogP contribution in [0, 0.1) is 0 Å². The Bertz CT molecular complexity index is 254. The van der Waals surface area contributed by atoms with Crippen molar-refractivity contribution in [2.24, 2.45) is 5.73 Å². The van der Waals surface area contributed by atoms with Crippen molar-refractivity contribution in [2.75, 3.05) is 0 Å². The second-order valence-electron chi connectivity index (χ2n) is 3.48. The first kappa shape index (κ1) is 19.0. The molecule has 17 heavy (non-hydrogen) atoms. The van der Waals surface area contributed by atoms with Crippen LogP contribution in [0.4, 0.5) is 0 Å². The molecule has 100 valence electrons. The van der Waals surface area contributed by atoms with Gasteiger partial charge in [-0.15, -0.1) is 9.24 Å². The van der Waals surface area contributed by atoms with E-state index in [0.717, 1.165) is 12.8 Å². The molecule has 1 aliphatic carbocycles. The molecule has 3 unspecified atom stereocenters. The van der Waals surface area contributed by atoms with Crippen molar-refractivity contribution in [2.45, 2.75) is 59.2 Å². The van der Waals surface area contributed by atoms with Crippen LogP contribution in [0.15, 0.2) is 36.0 Å². The van der Waals surface area contributed by atoms with E-state index in [9.17, 15) is 0 Å². The molecule has 0 radical (unpaired) electrons. The third-order valence-corrected chi connectivity index (χ3v) is 3.27. The van der Waals surface area contributed by atoms with Gasteiger partial charge in [0.25, 0.3) is 0 Å². The predicted molar refractivity (Wildman–Crippen MR) is 85.4 cm³/mol. The molecule has 3 atom stereocenters. The summed E-state index contributed by atoms with van der Waals surface area (Å²) >= 11 is 0. The molecule has 0 saturated heterocycles. The van der Waals surface area contributed by atoms with E-state index >= 15 is 0 Å². The van der Waals surface area contributed by atoms with Crippen molar-refractivity contribution >= 4 is 9.24 Å². The molecule has 0 aromatic carbocycles. The first-order valence-electron chi connectivity index (χ1n) is 6.67. The topological polar surface area (TPSA) is 26.0 Å². The van der Waals surface area contributed by atoms with E-state index in [4.69, 9.17) is 5.73 Å². The van der Waals surface area contributed by atoms with Crippen molar-refractivity contribution in [3.8, 4) is 0 Å². The molecule has 1 aliphatic rings. The average Bonchev–Trinajstić information content (AvgIpc) is 2.38. The summed E-state index contributed by atoms with van der Waals surface area (Å²) in [5.74, 6) is 0. The molecule has 1 nitrogen and oxygen atoms in total. The van der Waals surface area contributed by atoms with Crippen LogP contribution in [0.3, 0.4) is 0 Å². The summed E-state index contributed by atoms with van der Waals surface area (Å²) in [6.45, 7) is 13.8. The van der Waals surface area contributed by atoms with Crippen molar-refractivity contribution in [3.63, 3.8) is 0 Å². The fourth-order valence-corrected chi connectivity index (χ4v) is 2.08. The number of hydrogen-bond acceptors (Lipinski definition) is 1. The van der Waals surface area contributed by atoms with E-state index in [2.05, 4.69) is 34.9 Å². The highest BCUT2D eigenvalue weighted by Crippen LogP contribution is 2.32. The molecule has 0 aliphatic heterocycles. The third-order valence-electron chi connectivity index (χ3n) is 2.54. The number of hydrogen-bond donors (Lipinski definition) is 1. The Balaban J connectivity index is 0. The summed E-state index contributed by atoms with van der Waals surface area (Å²) in [4.78, 5) is 0. The zero-order chi connectivity index (χ0) is 13.8. The van der Waals surface area contributed by atoms with Crippen LogP contribution in [0.2, 0.25) is 0 Å². The minimum absolute atomic E-state index is 0.290. The maximum atomic E-state index is 5.99. The standard InChI is InChI=1S/C11H18NP.2C2H6/c1-3-5-9-7-11(13)10(12)6-8(9)4-2;2*1-2/h3-5,10-11H,1,6-7,12-13H2,2H3;2*1-2H3/b8-4-,9-5-;;. The highest BCUT2D eigenvalue weighted by Gasteiger charge is 2.23. The summed E-state index contributed by atoms with van der Waals surface area (Å²) < 4.78 is 0. The Morgan fingerprint density at radius 1 is 1.18 bits per heavy atom. The van der Waals surface area contributed by atoms with Gasteiger partial charge in [0.2, 0.25) is 0 Å². The smallest absolute Gasteiger partial charge is 0.0146 e. The van der Waals surface area contributed by atoms with E-state index < -0.39 is 0 Å². The quantitative estimate of drug-likeness (QED) is 0.688. The monoisotopic (exact) mass is 255 g/mol. The van der Waals surface area contributed by atoms with Gasteiger partial charge in [0.05, 0.1) is 0 Å². The van der Waals surface area contributed by atoms with Gasteiger partial charge in [0, 0.05) is 6.04 Å². The lowest BCUT2D eigenvalue weighted by Crippen LogP contribution is -2.35. The second-order valence-corrected chi connectivity index (χ2v) is 4.33. The van der Waals surface area contributed by atoms with E-state index in [1.54, 1.807) is 0 Å². The summed E-state index contributed by atoms with van der Waals surface area (Å²) in [5, 5.41) is 0. The molecule has 1 saturated carbocycles. The fourth-order valence-electron chi connectivity index (χ4n) is 1.69. The second kappa shape index (κ2) is 12.1. The van der Waals surface area contributed by atoms with Gasteiger partial charge in [-0.25, -0.2) is 0 Å². The number of nitrogens with two attached hydrogens (primary N) is 1. The van der Waals surface area contributed by atoms with Crippen molar-refractivity contribution in [1.29, 1.82) is 0 Å². The normalized spacial score (nSPS) is 27.7. The van der Waals surface area contributed by atoms with Gasteiger partial charge in [-0.2, -0.15) is 0 Å². The minimum atomic E-state index is 0.290. The molecule has 0 amide bonds. The summed E-state index contributed by atoms with van der Waals surface area (Å²) in [6, 6.07) is 0.290. The van der Waals surface area contributed by atoms with Crippen molar-refractivity contribution < 1.29 is 0 Å². The van der Waals surface area contributed by atoms with Crippen LogP contribution in [0.1, 0.15) is 47.5 Å². The lowest BCUT2D eigenvalue weighted by Gasteiger charge is -2.29. The molecule has 0 aromatic rings. The Labute approximate surface area is 110 Å². The molecule has 2 heteroatoms. The Morgan fingerprint density at radius 2 is 1.71 bits per heavy atom. The fraction of sp³-hybridized carbons (Fsp3) is 0.600. The van der Waals surface area contributed by atoms with E-state index in [-0.39, 0.29) is 6.04 Å². The third kappa shape index (κ3) is 6.81. The van der Waals surface area contributed by atoms with Crippen LogP contribution < -0.4 is 5.73 Å². The minimum Gasteiger partial charge on any atom is -0.327 e. The number of allylic oxidation sites excluding steroid dienone is 4. The maximum Gasteiger partial charge on any atom is 0.0146 e. The van der Waals surface area contributed by atoms with Gasteiger partial charge in [0.1, 0.15) is 0 Å². The molecule has 1 fully saturated rings. The number of rotatable bonds is 1. The van der Waals surface area contributed by atoms with Crippen LogP contribution in [0.5, 0.6) is 0 Å². The summed E-state index contributed by atoms with van der Waals surface area (Å²) in [5.41, 5.74) is 9.27. The summed E-state index contributed by atoms with van der Waals surface area (Å²) in [6.07, 6.45) is 8.15. The van der Waals surface area contributed by atoms with E-state index in [1.165, 1.54) is 11.1 Å². The predicted octanol–water partition coefficient (Wildman–Crippen LogP) is 4.46. The van der Waals surface area contributed by atoms with Crippen LogP contribution in [0.25, 0.3) is 0 Å². The molecule has 0 heterocycles. The van der Waals surface area contributed by atoms with Crippen LogP contribution in [-0.2, 0) is 0 Å². The van der Waals surface area contributed by atoms with Gasteiger partial charge in [-0.05, 0) is 36.6 Å². The average molecular weight is 255 g/mol. The van der Waals surface area contributed by atoms with E-state index in [0.29, 0.717) is 5.66 Å². The first-order valence-corrected chi connectivity index (χ1v) is 7.34. The van der Waals surface area contributed by atoms with Gasteiger partial charge in [0.15, 0.2) is 0 Å². The Hall–Kier alpha value is -0.390. The Morgan fingerprint density at radius 3 is 2.12 bits per heavy atom. The SMILES string of the molecule is C=C/C=C1/CC(P)C(N)C/C1=C/C.CC.CC. The van der Waals surface area contributed by atoms with Crippen LogP contribution in [-0.4, -0.2) is 11.7 Å². The zero-order valence-electron chi connectivity index (χ0n) is 12.2. The molecule has 1 rings (SSSR count). The van der Waals surface area contributed by atoms with Crippen molar-refractivity contribution in [3.05, 3.63) is 36.0 Å². The molecule has 0 aromatic heterocycles. The maximum absolute atomic E-state index is 5.99. The van der Waals surface area contributed by atoms with Crippen molar-refractivity contribution in [1.82, 2.24) is 0 Å². The molecular weight excluding hydrogens is 225 g/mol. The van der Waals surface area contributed by atoms with E-state index in [1.807, 2.05) is 33.8 Å². The Kier molecular flexibility index (Phi) is 13.5. The van der Waals surface area contributed by atoms with Gasteiger partial charge in [-0.1, -0.05) is 52.5 Å². The molecule has 0 spiro atoms. The largest absolute Gasteiger partial charge is 0.327 e. The van der Waals surface area contributed by atoms with Gasteiger partial charge >= 0.3 is 0 Å². The van der Waals surface area contributed by atoms with Gasteiger partial charge in [-0.3, -0.25) is 0 Å². The highest BCUT2D eigenvalue weighted by molar-refractivity contribution is 7.17. The lowest BCUT2D eigenvalue weighted by atomic mass is 9.85. The summed E-state index contributed by atoms with van der Waals surface area (Å²) in [7, 11) is 2.83. The lowest BCUT2D eigenvalue weighted by molar-refractivity contribution is 0.586. The zero-order valence-corrected chi connectivity index (χ0v) is 13.3. The highest BCUT2D eigenvalue weighted by atomic mass is 31.0. The molecule has 0 bridgehead atoms.